The highest BCUT2D eigenvalue weighted by Crippen LogP contribution is 2.41. The molecule has 0 aromatic carbocycles. The fourth-order valence-electron chi connectivity index (χ4n) is 3.51. The highest BCUT2D eigenvalue weighted by molar-refractivity contribution is 6.10. The van der Waals surface area contributed by atoms with Crippen LogP contribution in [-0.4, -0.2) is 29.6 Å². The molecule has 0 aromatic rings. The first-order valence-corrected chi connectivity index (χ1v) is 7.73. The van der Waals surface area contributed by atoms with Crippen molar-refractivity contribution in [2.75, 3.05) is 13.1 Å². The van der Waals surface area contributed by atoms with Crippen LogP contribution in [0.25, 0.3) is 0 Å². The molecule has 1 atom stereocenters. The second-order valence-corrected chi connectivity index (χ2v) is 5.59. The highest BCUT2D eigenvalue weighted by atomic mass is 16.2. The SMILES string of the molecule is CCN(CC)C(=O)C1CCCC2=NC3=CC=CCC3=C21. The number of carbonyl (C=O) groups is 1. The smallest absolute Gasteiger partial charge is 0.230 e. The van der Waals surface area contributed by atoms with E-state index in [1.54, 1.807) is 0 Å². The molecule has 3 rings (SSSR count). The van der Waals surface area contributed by atoms with Crippen LogP contribution in [-0.2, 0) is 4.79 Å². The van der Waals surface area contributed by atoms with Gasteiger partial charge in [0.05, 0.1) is 11.6 Å². The van der Waals surface area contributed by atoms with Crippen molar-refractivity contribution in [2.24, 2.45) is 10.9 Å². The van der Waals surface area contributed by atoms with Gasteiger partial charge in [0.15, 0.2) is 0 Å². The first kappa shape index (κ1) is 13.3. The topological polar surface area (TPSA) is 32.7 Å². The van der Waals surface area contributed by atoms with E-state index in [-0.39, 0.29) is 5.92 Å². The Balaban J connectivity index is 1.97. The van der Waals surface area contributed by atoms with Gasteiger partial charge in [-0.2, -0.15) is 0 Å². The highest BCUT2D eigenvalue weighted by Gasteiger charge is 2.37. The molecule has 0 N–H and O–H groups in total. The molecule has 1 amide bonds. The normalized spacial score (nSPS) is 24.0. The molecule has 1 fully saturated rings. The quantitative estimate of drug-likeness (QED) is 0.775. The third kappa shape index (κ3) is 2.05. The lowest BCUT2D eigenvalue weighted by Gasteiger charge is -2.30. The van der Waals surface area contributed by atoms with Crippen LogP contribution in [0, 0.1) is 5.92 Å². The van der Waals surface area contributed by atoms with Crippen LogP contribution in [0.1, 0.15) is 39.5 Å². The van der Waals surface area contributed by atoms with Crippen LogP contribution in [0.2, 0.25) is 0 Å². The summed E-state index contributed by atoms with van der Waals surface area (Å²) in [4.78, 5) is 19.5. The molecule has 1 heterocycles. The van der Waals surface area contributed by atoms with Crippen molar-refractivity contribution in [1.29, 1.82) is 0 Å². The van der Waals surface area contributed by atoms with Crippen molar-refractivity contribution >= 4 is 11.6 Å². The maximum Gasteiger partial charge on any atom is 0.230 e. The molecule has 20 heavy (non-hydrogen) atoms. The maximum absolute atomic E-state index is 12.8. The molecule has 0 radical (unpaired) electrons. The van der Waals surface area contributed by atoms with E-state index in [9.17, 15) is 4.79 Å². The molecule has 0 aromatic heterocycles. The van der Waals surface area contributed by atoms with Gasteiger partial charge in [-0.15, -0.1) is 0 Å². The molecule has 0 spiro atoms. The molecule has 0 bridgehead atoms. The fraction of sp³-hybridized carbons (Fsp3) is 0.529. The van der Waals surface area contributed by atoms with E-state index in [0.29, 0.717) is 5.91 Å². The van der Waals surface area contributed by atoms with E-state index >= 15 is 0 Å². The molecule has 106 valence electrons. The van der Waals surface area contributed by atoms with Gasteiger partial charge in [-0.05, 0) is 56.8 Å². The van der Waals surface area contributed by atoms with Crippen LogP contribution < -0.4 is 0 Å². The minimum atomic E-state index is 0.0369. The van der Waals surface area contributed by atoms with Gasteiger partial charge in [0, 0.05) is 18.8 Å². The second-order valence-electron chi connectivity index (χ2n) is 5.59. The van der Waals surface area contributed by atoms with Crippen LogP contribution >= 0.6 is 0 Å². The van der Waals surface area contributed by atoms with E-state index < -0.39 is 0 Å². The third-order valence-corrected chi connectivity index (χ3v) is 4.54. The summed E-state index contributed by atoms with van der Waals surface area (Å²) < 4.78 is 0. The van der Waals surface area contributed by atoms with Gasteiger partial charge in [0.1, 0.15) is 0 Å². The zero-order valence-electron chi connectivity index (χ0n) is 12.4. The Morgan fingerprint density at radius 2 is 2.20 bits per heavy atom. The summed E-state index contributed by atoms with van der Waals surface area (Å²) in [6.07, 6.45) is 10.3. The van der Waals surface area contributed by atoms with E-state index in [4.69, 9.17) is 4.99 Å². The second kappa shape index (κ2) is 5.39. The summed E-state index contributed by atoms with van der Waals surface area (Å²) in [7, 11) is 0. The van der Waals surface area contributed by atoms with Gasteiger partial charge < -0.3 is 4.90 Å². The van der Waals surface area contributed by atoms with Crippen molar-refractivity contribution in [2.45, 2.75) is 39.5 Å². The molecular weight excluding hydrogens is 248 g/mol. The lowest BCUT2D eigenvalue weighted by Crippen LogP contribution is -2.39. The Morgan fingerprint density at radius 3 is 2.95 bits per heavy atom. The number of hydrogen-bond acceptors (Lipinski definition) is 2. The number of carbonyl (C=O) groups excluding carboxylic acids is 1. The zero-order chi connectivity index (χ0) is 14.1. The number of nitrogens with zero attached hydrogens (tertiary/aromatic N) is 2. The van der Waals surface area contributed by atoms with Gasteiger partial charge in [0.25, 0.3) is 0 Å². The molecular formula is C17H22N2O. The molecule has 3 heteroatoms. The number of fused-ring (bicyclic) bond motifs is 2. The Labute approximate surface area is 120 Å². The molecule has 2 aliphatic carbocycles. The Morgan fingerprint density at radius 1 is 1.40 bits per heavy atom. The van der Waals surface area contributed by atoms with E-state index in [1.165, 1.54) is 16.9 Å². The number of amides is 1. The largest absolute Gasteiger partial charge is 0.343 e. The number of aliphatic imine (C=N–C) groups is 1. The minimum absolute atomic E-state index is 0.0369. The van der Waals surface area contributed by atoms with E-state index in [2.05, 4.69) is 32.1 Å². The van der Waals surface area contributed by atoms with Crippen LogP contribution in [0.15, 0.2) is 40.1 Å². The van der Waals surface area contributed by atoms with Crippen LogP contribution in [0.4, 0.5) is 0 Å². The lowest BCUT2D eigenvalue weighted by atomic mass is 9.79. The summed E-state index contributed by atoms with van der Waals surface area (Å²) in [6.45, 7) is 5.70. The molecule has 3 aliphatic rings. The Bertz CT molecular complexity index is 547. The summed E-state index contributed by atoms with van der Waals surface area (Å²) >= 11 is 0. The summed E-state index contributed by atoms with van der Waals surface area (Å²) in [6, 6.07) is 0. The molecule has 0 saturated heterocycles. The van der Waals surface area contributed by atoms with Gasteiger partial charge >= 0.3 is 0 Å². The van der Waals surface area contributed by atoms with Crippen LogP contribution in [0.3, 0.4) is 0 Å². The van der Waals surface area contributed by atoms with Crippen molar-refractivity contribution in [1.82, 2.24) is 4.90 Å². The monoisotopic (exact) mass is 270 g/mol. The minimum Gasteiger partial charge on any atom is -0.343 e. The number of rotatable bonds is 3. The average molecular weight is 270 g/mol. The lowest BCUT2D eigenvalue weighted by molar-refractivity contribution is -0.134. The van der Waals surface area contributed by atoms with Crippen molar-refractivity contribution in [3.63, 3.8) is 0 Å². The van der Waals surface area contributed by atoms with Crippen molar-refractivity contribution < 1.29 is 4.79 Å². The van der Waals surface area contributed by atoms with E-state index in [0.717, 1.165) is 44.5 Å². The van der Waals surface area contributed by atoms with Gasteiger partial charge in [-0.3, -0.25) is 9.79 Å². The van der Waals surface area contributed by atoms with Crippen molar-refractivity contribution in [3.05, 3.63) is 35.1 Å². The maximum atomic E-state index is 12.8. The first-order valence-electron chi connectivity index (χ1n) is 7.73. The summed E-state index contributed by atoms with van der Waals surface area (Å²) in [5.41, 5.74) is 4.82. The number of hydrogen-bond donors (Lipinski definition) is 0. The third-order valence-electron chi connectivity index (χ3n) is 4.54. The summed E-state index contributed by atoms with van der Waals surface area (Å²) in [5.74, 6) is 0.329. The van der Waals surface area contributed by atoms with Gasteiger partial charge in [-0.25, -0.2) is 0 Å². The van der Waals surface area contributed by atoms with Gasteiger partial charge in [-0.1, -0.05) is 12.2 Å². The molecule has 3 nitrogen and oxygen atoms in total. The summed E-state index contributed by atoms with van der Waals surface area (Å²) in [5, 5.41) is 0. The standard InChI is InChI=1S/C17H22N2O/c1-3-19(4-2)17(20)13-9-7-11-15-16(13)12-8-5-6-10-14(12)18-15/h5-6,10,13H,3-4,7-9,11H2,1-2H3. The molecule has 1 unspecified atom stereocenters. The van der Waals surface area contributed by atoms with Crippen molar-refractivity contribution in [3.8, 4) is 0 Å². The van der Waals surface area contributed by atoms with Gasteiger partial charge in [0.2, 0.25) is 5.91 Å². The predicted octanol–water partition coefficient (Wildman–Crippen LogP) is 3.25. The Hall–Kier alpha value is -1.64. The Kier molecular flexibility index (Phi) is 3.60. The molecule has 1 aliphatic heterocycles. The number of allylic oxidation sites excluding steroid dienone is 4. The van der Waals surface area contributed by atoms with Crippen LogP contribution in [0.5, 0.6) is 0 Å². The predicted molar refractivity (Wildman–Crippen MR) is 81.6 cm³/mol. The zero-order valence-corrected chi connectivity index (χ0v) is 12.4. The fourth-order valence-corrected chi connectivity index (χ4v) is 3.51. The average Bonchev–Trinajstić information content (AvgIpc) is 2.86. The molecule has 1 saturated carbocycles. The first-order chi connectivity index (χ1) is 9.76. The van der Waals surface area contributed by atoms with E-state index in [1.807, 2.05) is 4.90 Å².